The van der Waals surface area contributed by atoms with Crippen LogP contribution in [0.1, 0.15) is 25.3 Å². The van der Waals surface area contributed by atoms with Crippen LogP contribution in [0.3, 0.4) is 0 Å². The van der Waals surface area contributed by atoms with Gasteiger partial charge in [-0.05, 0) is 18.6 Å². The van der Waals surface area contributed by atoms with Crippen molar-refractivity contribution in [2.24, 2.45) is 0 Å². The summed E-state index contributed by atoms with van der Waals surface area (Å²) in [5.41, 5.74) is 0.291. The van der Waals surface area contributed by atoms with Gasteiger partial charge in [0.25, 0.3) is 5.89 Å². The lowest BCUT2D eigenvalue weighted by Gasteiger charge is -2.06. The zero-order valence-electron chi connectivity index (χ0n) is 10.1. The Labute approximate surface area is 104 Å². The van der Waals surface area contributed by atoms with Crippen molar-refractivity contribution in [3.8, 4) is 23.0 Å². The van der Waals surface area contributed by atoms with E-state index in [0.29, 0.717) is 17.8 Å². The zero-order chi connectivity index (χ0) is 13.1. The highest BCUT2D eigenvalue weighted by Gasteiger charge is 2.19. The number of ether oxygens (including phenoxy) is 1. The van der Waals surface area contributed by atoms with Crippen molar-refractivity contribution in [2.75, 3.05) is 7.11 Å². The molecular formula is C12H14N2O4. The summed E-state index contributed by atoms with van der Waals surface area (Å²) in [4.78, 5) is 4.15. The van der Waals surface area contributed by atoms with Gasteiger partial charge in [0.1, 0.15) is 6.10 Å². The number of rotatable bonds is 4. The molecule has 0 fully saturated rings. The average Bonchev–Trinajstić information content (AvgIpc) is 2.84. The Kier molecular flexibility index (Phi) is 3.47. The molecule has 2 aromatic rings. The molecule has 0 aliphatic heterocycles. The van der Waals surface area contributed by atoms with Gasteiger partial charge in [-0.1, -0.05) is 18.1 Å². The van der Waals surface area contributed by atoms with E-state index in [9.17, 15) is 10.2 Å². The smallest absolute Gasteiger partial charge is 0.261 e. The monoisotopic (exact) mass is 250 g/mol. The minimum absolute atomic E-state index is 0.147. The Morgan fingerprint density at radius 2 is 2.17 bits per heavy atom. The Balaban J connectivity index is 2.38. The summed E-state index contributed by atoms with van der Waals surface area (Å²) in [6, 6.07) is 4.54. The highest BCUT2D eigenvalue weighted by Crippen LogP contribution is 2.35. The summed E-state index contributed by atoms with van der Waals surface area (Å²) in [5.74, 6) is 0.0517. The second-order valence-corrected chi connectivity index (χ2v) is 3.76. The lowest BCUT2D eigenvalue weighted by molar-refractivity contribution is 0.0903. The minimum Gasteiger partial charge on any atom is -0.504 e. The summed E-state index contributed by atoms with van der Waals surface area (Å²) < 4.78 is 10.3. The van der Waals surface area contributed by atoms with Crippen LogP contribution in [0.15, 0.2) is 22.7 Å². The molecule has 0 bridgehead atoms. The van der Waals surface area contributed by atoms with Crippen molar-refractivity contribution < 1.29 is 19.5 Å². The highest BCUT2D eigenvalue weighted by atomic mass is 16.5. The molecule has 0 spiro atoms. The number of para-hydroxylation sites is 1. The number of hydrogen-bond acceptors (Lipinski definition) is 6. The number of benzene rings is 1. The molecule has 1 aromatic heterocycles. The number of aromatic hydroxyl groups is 2. The summed E-state index contributed by atoms with van der Waals surface area (Å²) in [6.45, 7) is 1.94. The van der Waals surface area contributed by atoms with Gasteiger partial charge in [-0.2, -0.15) is 4.98 Å². The normalized spacial score (nSPS) is 12.6. The highest BCUT2D eigenvalue weighted by molar-refractivity contribution is 5.66. The van der Waals surface area contributed by atoms with E-state index in [1.165, 1.54) is 6.07 Å². The first-order chi connectivity index (χ1) is 8.67. The van der Waals surface area contributed by atoms with Crippen molar-refractivity contribution in [1.82, 2.24) is 10.1 Å². The van der Waals surface area contributed by atoms with Crippen molar-refractivity contribution in [3.63, 3.8) is 0 Å². The number of nitrogens with zero attached hydrogens (tertiary/aromatic N) is 2. The average molecular weight is 250 g/mol. The maximum Gasteiger partial charge on any atom is 0.261 e. The summed E-state index contributed by atoms with van der Waals surface area (Å²) in [7, 11) is 1.57. The van der Waals surface area contributed by atoms with Crippen LogP contribution in [-0.4, -0.2) is 27.5 Å². The van der Waals surface area contributed by atoms with E-state index in [4.69, 9.17) is 9.26 Å². The quantitative estimate of drug-likeness (QED) is 0.809. The fraction of sp³-hybridized carbons (Fsp3) is 0.333. The topological polar surface area (TPSA) is 88.6 Å². The molecule has 0 saturated carbocycles. The number of methoxy groups -OCH3 is 1. The third-order valence-electron chi connectivity index (χ3n) is 2.63. The van der Waals surface area contributed by atoms with Crippen LogP contribution >= 0.6 is 0 Å². The minimum atomic E-state index is -0.279. The lowest BCUT2D eigenvalue weighted by atomic mass is 10.2. The Bertz CT molecular complexity index is 535. The van der Waals surface area contributed by atoms with Gasteiger partial charge in [-0.15, -0.1) is 0 Å². The standard InChI is InChI=1S/C12H14N2O4/c1-3-9(17-2)11-13-12(18-14-11)7-5-4-6-8(15)10(7)16/h4-6,9,15-16H,3H2,1-2H3. The molecule has 96 valence electrons. The fourth-order valence-electron chi connectivity index (χ4n) is 1.63. The molecule has 1 heterocycles. The second kappa shape index (κ2) is 5.05. The van der Waals surface area contributed by atoms with E-state index >= 15 is 0 Å². The van der Waals surface area contributed by atoms with Gasteiger partial charge in [-0.3, -0.25) is 0 Å². The van der Waals surface area contributed by atoms with E-state index in [0.717, 1.165) is 0 Å². The summed E-state index contributed by atoms with van der Waals surface area (Å²) >= 11 is 0. The third-order valence-corrected chi connectivity index (χ3v) is 2.63. The molecule has 2 N–H and O–H groups in total. The van der Waals surface area contributed by atoms with Crippen LogP contribution in [0, 0.1) is 0 Å². The predicted molar refractivity (Wildman–Crippen MR) is 63.1 cm³/mol. The number of hydrogen-bond donors (Lipinski definition) is 2. The molecule has 0 aliphatic rings. The first kappa shape index (κ1) is 12.4. The maximum atomic E-state index is 9.70. The van der Waals surface area contributed by atoms with Crippen molar-refractivity contribution in [3.05, 3.63) is 24.0 Å². The van der Waals surface area contributed by atoms with E-state index < -0.39 is 0 Å². The van der Waals surface area contributed by atoms with Gasteiger partial charge in [0, 0.05) is 7.11 Å². The first-order valence-corrected chi connectivity index (χ1v) is 5.55. The van der Waals surface area contributed by atoms with Gasteiger partial charge in [-0.25, -0.2) is 0 Å². The van der Waals surface area contributed by atoms with Gasteiger partial charge >= 0.3 is 0 Å². The first-order valence-electron chi connectivity index (χ1n) is 5.55. The second-order valence-electron chi connectivity index (χ2n) is 3.76. The van der Waals surface area contributed by atoms with Crippen molar-refractivity contribution in [1.29, 1.82) is 0 Å². The van der Waals surface area contributed by atoms with Gasteiger partial charge in [0.2, 0.25) is 5.82 Å². The van der Waals surface area contributed by atoms with Gasteiger partial charge in [0.15, 0.2) is 11.5 Å². The predicted octanol–water partition coefficient (Wildman–Crippen LogP) is 2.25. The van der Waals surface area contributed by atoms with Crippen LogP contribution in [-0.2, 0) is 4.74 Å². The number of phenols is 2. The van der Waals surface area contributed by atoms with E-state index in [1.807, 2.05) is 6.92 Å². The summed E-state index contributed by atoms with van der Waals surface area (Å²) in [5, 5.41) is 22.9. The Hall–Kier alpha value is -2.08. The number of phenolic OH excluding ortho intramolecular Hbond substituents is 2. The van der Waals surface area contributed by atoms with E-state index in [1.54, 1.807) is 19.2 Å². The molecule has 18 heavy (non-hydrogen) atoms. The molecule has 6 nitrogen and oxygen atoms in total. The van der Waals surface area contributed by atoms with Crippen LogP contribution in [0.5, 0.6) is 11.5 Å². The molecule has 6 heteroatoms. The molecule has 0 radical (unpaired) electrons. The van der Waals surface area contributed by atoms with Crippen molar-refractivity contribution in [2.45, 2.75) is 19.4 Å². The van der Waals surface area contributed by atoms with Crippen LogP contribution in [0.4, 0.5) is 0 Å². The largest absolute Gasteiger partial charge is 0.504 e. The van der Waals surface area contributed by atoms with Crippen LogP contribution in [0.2, 0.25) is 0 Å². The van der Waals surface area contributed by atoms with Crippen molar-refractivity contribution >= 4 is 0 Å². The van der Waals surface area contributed by atoms with Gasteiger partial charge < -0.3 is 19.5 Å². The number of aromatic nitrogens is 2. The van der Waals surface area contributed by atoms with E-state index in [2.05, 4.69) is 10.1 Å². The fourth-order valence-corrected chi connectivity index (χ4v) is 1.63. The zero-order valence-corrected chi connectivity index (χ0v) is 10.1. The van der Waals surface area contributed by atoms with Gasteiger partial charge in [0.05, 0.1) is 5.56 Å². The molecule has 1 unspecified atom stereocenters. The maximum absolute atomic E-state index is 9.70. The third kappa shape index (κ3) is 2.14. The molecule has 1 atom stereocenters. The molecular weight excluding hydrogens is 236 g/mol. The summed E-state index contributed by atoms with van der Waals surface area (Å²) in [6.07, 6.45) is 0.462. The molecule has 0 aliphatic carbocycles. The Morgan fingerprint density at radius 1 is 1.39 bits per heavy atom. The molecule has 0 amide bonds. The Morgan fingerprint density at radius 3 is 2.83 bits per heavy atom. The SMILES string of the molecule is CCC(OC)c1noc(-c2cccc(O)c2O)n1. The molecule has 1 aromatic carbocycles. The van der Waals surface area contributed by atoms with Crippen LogP contribution in [0.25, 0.3) is 11.5 Å². The molecule has 2 rings (SSSR count). The molecule has 0 saturated heterocycles. The van der Waals surface area contributed by atoms with Crippen LogP contribution < -0.4 is 0 Å². The van der Waals surface area contributed by atoms with E-state index in [-0.39, 0.29) is 23.5 Å². The lowest BCUT2D eigenvalue weighted by Crippen LogP contribution is -2.01.